The van der Waals surface area contributed by atoms with Gasteiger partial charge in [-0.3, -0.25) is 24.0 Å². The molecule has 6 N–H and O–H groups in total. The van der Waals surface area contributed by atoms with Gasteiger partial charge in [-0.05, 0) is 113 Å². The molecule has 0 unspecified atom stereocenters. The number of methoxy groups -OCH3 is 1. The van der Waals surface area contributed by atoms with Crippen LogP contribution in [0.15, 0.2) is 0 Å². The van der Waals surface area contributed by atoms with Crippen LogP contribution in [0.3, 0.4) is 0 Å². The smallest absolute Gasteiger partial charge is 0.408 e. The summed E-state index contributed by atoms with van der Waals surface area (Å²) in [7, 11) is 1.21. The zero-order valence-corrected chi connectivity index (χ0v) is 39.7. The van der Waals surface area contributed by atoms with E-state index in [1.165, 1.54) is 30.6 Å². The predicted molar refractivity (Wildman–Crippen MR) is 232 cm³/mol. The molecule has 0 bridgehead atoms. The van der Waals surface area contributed by atoms with Crippen LogP contribution < -0.4 is 31.9 Å². The molecule has 0 radical (unpaired) electrons. The van der Waals surface area contributed by atoms with Crippen molar-refractivity contribution in [2.75, 3.05) is 37.7 Å². The van der Waals surface area contributed by atoms with E-state index in [9.17, 15) is 38.4 Å². The molecular formula is C40H72N6O12S2. The number of amides is 6. The number of alkyl carbamates (subject to hydrolysis) is 2. The first kappa shape index (κ1) is 56.1. The molecule has 0 saturated carbocycles. The molecule has 20 heteroatoms. The van der Waals surface area contributed by atoms with Crippen LogP contribution in [0, 0.1) is 5.92 Å². The molecule has 0 heterocycles. The van der Waals surface area contributed by atoms with Crippen LogP contribution in [0.2, 0.25) is 0 Å². The number of ether oxygens (including phenoxy) is 4. The van der Waals surface area contributed by atoms with E-state index in [4.69, 9.17) is 18.9 Å². The van der Waals surface area contributed by atoms with Crippen LogP contribution in [0.1, 0.15) is 115 Å². The predicted octanol–water partition coefficient (Wildman–Crippen LogP) is 3.58. The van der Waals surface area contributed by atoms with Gasteiger partial charge in [-0.15, -0.1) is 0 Å². The summed E-state index contributed by atoms with van der Waals surface area (Å²) in [5, 5.41) is 15.8. The van der Waals surface area contributed by atoms with Crippen molar-refractivity contribution >= 4 is 71.3 Å². The van der Waals surface area contributed by atoms with Gasteiger partial charge in [0.25, 0.3) is 0 Å². The lowest BCUT2D eigenvalue weighted by molar-refractivity contribution is -0.155. The van der Waals surface area contributed by atoms with E-state index < -0.39 is 94.8 Å². The highest BCUT2D eigenvalue weighted by atomic mass is 32.2. The van der Waals surface area contributed by atoms with Crippen LogP contribution >= 0.6 is 23.5 Å². The highest BCUT2D eigenvalue weighted by Gasteiger charge is 2.34. The molecule has 0 rings (SSSR count). The number of hydrogen-bond donors (Lipinski definition) is 6. The average molecular weight is 893 g/mol. The topological polar surface area (TPSA) is 246 Å². The van der Waals surface area contributed by atoms with Crippen LogP contribution in [-0.2, 0) is 47.7 Å². The zero-order valence-electron chi connectivity index (χ0n) is 38.0. The second-order valence-electron chi connectivity index (χ2n) is 17.6. The largest absolute Gasteiger partial charge is 0.467 e. The molecular weight excluding hydrogens is 821 g/mol. The monoisotopic (exact) mass is 892 g/mol. The van der Waals surface area contributed by atoms with Gasteiger partial charge in [0, 0.05) is 24.5 Å². The lowest BCUT2D eigenvalue weighted by atomic mass is 10.0. The fourth-order valence-electron chi connectivity index (χ4n) is 5.24. The van der Waals surface area contributed by atoms with Crippen molar-refractivity contribution < 1.29 is 57.3 Å². The number of rotatable bonds is 24. The number of unbranched alkanes of at least 4 members (excludes halogenated alkanes) is 1. The lowest BCUT2D eigenvalue weighted by Gasteiger charge is -2.27. The Balaban J connectivity index is 6.34. The van der Waals surface area contributed by atoms with Gasteiger partial charge in [0.15, 0.2) is 0 Å². The number of nitrogens with one attached hydrogen (secondary N) is 6. The Morgan fingerprint density at radius 1 is 0.533 bits per heavy atom. The van der Waals surface area contributed by atoms with Gasteiger partial charge in [-0.25, -0.2) is 14.4 Å². The maximum absolute atomic E-state index is 13.9. The molecule has 0 aromatic rings. The molecule has 346 valence electrons. The standard InChI is InChI=1S/C40H72N6O12S2/c1-24(2)21-27(35(52)55-12)43-34(51)29(23-60-14)45-32(49)26(18-19-30(47)56-38(3,4)5)42-33(50)28(22-59-13)44-31(48)25(46-37(54)58-40(9,10)11)17-15-16-20-41-36(53)57-39(6,7)8/h24-29H,15-23H2,1-14H3,(H,41,53)(H,42,50)(H,43,51)(H,44,48)(H,45,49)(H,46,54)/t25-,26-,27-,28-,29-/m0/s1. The molecule has 0 saturated heterocycles. The summed E-state index contributed by atoms with van der Waals surface area (Å²) in [6.07, 6.45) is 2.68. The fourth-order valence-corrected chi connectivity index (χ4v) is 6.37. The maximum Gasteiger partial charge on any atom is 0.408 e. The van der Waals surface area contributed by atoms with E-state index in [0.29, 0.717) is 12.8 Å². The minimum Gasteiger partial charge on any atom is -0.467 e. The van der Waals surface area contributed by atoms with Gasteiger partial charge in [-0.2, -0.15) is 23.5 Å². The maximum atomic E-state index is 13.9. The van der Waals surface area contributed by atoms with Crippen molar-refractivity contribution in [1.29, 1.82) is 0 Å². The van der Waals surface area contributed by atoms with Crippen molar-refractivity contribution in [2.24, 2.45) is 5.92 Å². The van der Waals surface area contributed by atoms with Crippen LogP contribution in [0.5, 0.6) is 0 Å². The van der Waals surface area contributed by atoms with Gasteiger partial charge in [0.2, 0.25) is 23.6 Å². The van der Waals surface area contributed by atoms with Crippen molar-refractivity contribution in [1.82, 2.24) is 31.9 Å². The molecule has 0 spiro atoms. The normalized spacial score (nSPS) is 14.2. The molecule has 0 aliphatic rings. The SMILES string of the molecule is COC(=O)[C@H](CC(C)C)NC(=O)[C@H](CSC)NC(=O)[C@H](CCC(=O)OC(C)(C)C)NC(=O)[C@H](CSC)NC(=O)[C@H](CCCCNC(=O)OC(C)(C)C)NC(=O)OC(C)(C)C. The van der Waals surface area contributed by atoms with Crippen molar-refractivity contribution in [3.8, 4) is 0 Å². The molecule has 5 atom stereocenters. The molecule has 60 heavy (non-hydrogen) atoms. The van der Waals surface area contributed by atoms with Gasteiger partial charge in [0.1, 0.15) is 47.0 Å². The minimum absolute atomic E-state index is 0.0293. The molecule has 0 aromatic heterocycles. The molecule has 0 fully saturated rings. The summed E-state index contributed by atoms with van der Waals surface area (Å²) in [5.41, 5.74) is -2.37. The average Bonchev–Trinajstić information content (AvgIpc) is 3.08. The second-order valence-corrected chi connectivity index (χ2v) is 19.4. The Morgan fingerprint density at radius 2 is 0.950 bits per heavy atom. The van der Waals surface area contributed by atoms with Gasteiger partial charge in [-0.1, -0.05) is 13.8 Å². The Bertz CT molecular complexity index is 1430. The molecule has 0 aliphatic heterocycles. The Labute approximate surface area is 364 Å². The second kappa shape index (κ2) is 27.1. The molecule has 0 aromatic carbocycles. The highest BCUT2D eigenvalue weighted by molar-refractivity contribution is 7.98. The van der Waals surface area contributed by atoms with E-state index in [0.717, 1.165) is 0 Å². The first-order valence-electron chi connectivity index (χ1n) is 20.1. The third-order valence-corrected chi connectivity index (χ3v) is 9.06. The van der Waals surface area contributed by atoms with E-state index in [-0.39, 0.29) is 49.7 Å². The van der Waals surface area contributed by atoms with E-state index >= 15 is 0 Å². The Kier molecular flexibility index (Phi) is 25.3. The first-order chi connectivity index (χ1) is 27.6. The summed E-state index contributed by atoms with van der Waals surface area (Å²) in [6.45, 7) is 19.3. The van der Waals surface area contributed by atoms with Crippen LogP contribution in [0.25, 0.3) is 0 Å². The Morgan fingerprint density at radius 3 is 1.38 bits per heavy atom. The fraction of sp³-hybridized carbons (Fsp3) is 0.800. The number of thioether (sulfide) groups is 2. The van der Waals surface area contributed by atoms with Crippen molar-refractivity contribution in [2.45, 2.75) is 162 Å². The molecule has 6 amide bonds. The van der Waals surface area contributed by atoms with Crippen LogP contribution in [-0.4, -0.2) is 132 Å². The Hall–Kier alpha value is -3.94. The number of carbonyl (C=O) groups excluding carboxylic acids is 8. The third kappa shape index (κ3) is 26.3. The summed E-state index contributed by atoms with van der Waals surface area (Å²) < 4.78 is 20.9. The van der Waals surface area contributed by atoms with E-state index in [1.807, 2.05) is 13.8 Å². The molecule has 18 nitrogen and oxygen atoms in total. The summed E-state index contributed by atoms with van der Waals surface area (Å²) in [6, 6.07) is -5.86. The van der Waals surface area contributed by atoms with Crippen molar-refractivity contribution in [3.63, 3.8) is 0 Å². The van der Waals surface area contributed by atoms with Crippen molar-refractivity contribution in [3.05, 3.63) is 0 Å². The minimum atomic E-state index is -1.37. The summed E-state index contributed by atoms with van der Waals surface area (Å²) >= 11 is 2.49. The molecule has 0 aliphatic carbocycles. The van der Waals surface area contributed by atoms with E-state index in [2.05, 4.69) is 31.9 Å². The highest BCUT2D eigenvalue weighted by Crippen LogP contribution is 2.14. The number of esters is 2. The van der Waals surface area contributed by atoms with Gasteiger partial charge in [0.05, 0.1) is 7.11 Å². The van der Waals surface area contributed by atoms with Gasteiger partial charge >= 0.3 is 24.1 Å². The summed E-state index contributed by atoms with van der Waals surface area (Å²) in [5.74, 6) is -4.00. The quantitative estimate of drug-likeness (QED) is 0.0461. The zero-order chi connectivity index (χ0) is 46.4. The first-order valence-corrected chi connectivity index (χ1v) is 22.8. The number of carbonyl (C=O) groups is 8. The van der Waals surface area contributed by atoms with Crippen LogP contribution in [0.4, 0.5) is 9.59 Å². The number of hydrogen-bond acceptors (Lipinski definition) is 14. The summed E-state index contributed by atoms with van der Waals surface area (Å²) in [4.78, 5) is 105. The van der Waals surface area contributed by atoms with Gasteiger partial charge < -0.3 is 50.8 Å². The van der Waals surface area contributed by atoms with E-state index in [1.54, 1.807) is 74.8 Å². The third-order valence-electron chi connectivity index (χ3n) is 7.73. The lowest BCUT2D eigenvalue weighted by Crippen LogP contribution is -2.60.